The summed E-state index contributed by atoms with van der Waals surface area (Å²) in [6.45, 7) is 0.535. The number of urea groups is 1. The van der Waals surface area contributed by atoms with Gasteiger partial charge in [0, 0.05) is 42.5 Å². The fraction of sp³-hybridized carbons (Fsp3) is 0.323. The quantitative estimate of drug-likeness (QED) is 0.307. The maximum Gasteiger partial charge on any atom is 0.323 e. The van der Waals surface area contributed by atoms with Gasteiger partial charge in [-0.15, -0.1) is 11.3 Å². The lowest BCUT2D eigenvalue weighted by atomic mass is 9.95. The molecule has 2 amide bonds. The van der Waals surface area contributed by atoms with Gasteiger partial charge >= 0.3 is 6.03 Å². The molecular weight excluding hydrogens is 508 g/mol. The van der Waals surface area contributed by atoms with E-state index in [2.05, 4.69) is 57.4 Å². The second kappa shape index (κ2) is 10.3. The Bertz CT molecular complexity index is 1500. The van der Waals surface area contributed by atoms with E-state index in [0.717, 1.165) is 29.8 Å². The van der Waals surface area contributed by atoms with E-state index in [1.54, 1.807) is 20.3 Å². The largest absolute Gasteiger partial charge is 0.497 e. The first-order valence-electron chi connectivity index (χ1n) is 13.4. The number of rotatable bonds is 5. The minimum atomic E-state index is -0.265. The molecule has 0 saturated heterocycles. The molecule has 1 atom stereocenters. The van der Waals surface area contributed by atoms with Gasteiger partial charge in [0.1, 0.15) is 16.5 Å². The first-order valence-corrected chi connectivity index (χ1v) is 14.2. The molecule has 0 radical (unpaired) electrons. The number of fused-ring (bicyclic) bond motifs is 5. The van der Waals surface area contributed by atoms with Crippen LogP contribution in [0, 0.1) is 0 Å². The summed E-state index contributed by atoms with van der Waals surface area (Å²) in [4.78, 5) is 19.8. The highest BCUT2D eigenvalue weighted by molar-refractivity contribution is 7.15. The lowest BCUT2D eigenvalue weighted by Gasteiger charge is -2.32. The molecule has 0 saturated carbocycles. The molecule has 1 aliphatic heterocycles. The number of thiophene rings is 1. The molecule has 2 aliphatic rings. The monoisotopic (exact) mass is 542 g/mol. The summed E-state index contributed by atoms with van der Waals surface area (Å²) in [5.74, 6) is 1.23. The van der Waals surface area contributed by atoms with E-state index in [1.807, 2.05) is 42.5 Å². The Kier molecular flexibility index (Phi) is 6.73. The highest BCUT2D eigenvalue weighted by atomic mass is 32.1. The normalized spacial score (nSPS) is 16.0. The highest BCUT2D eigenvalue weighted by Crippen LogP contribution is 2.44. The van der Waals surface area contributed by atoms with Crippen molar-refractivity contribution in [2.75, 3.05) is 38.5 Å². The number of aromatic nitrogens is 1. The molecule has 2 aromatic heterocycles. The number of aryl methyl sites for hydroxylation is 1. The summed E-state index contributed by atoms with van der Waals surface area (Å²) >= 11 is 1.89. The Labute approximate surface area is 233 Å². The minimum absolute atomic E-state index is 0.170. The van der Waals surface area contributed by atoms with Crippen molar-refractivity contribution in [2.24, 2.45) is 0 Å². The standard InChI is InChI=1S/C31H34N4O3S/c1-33(2)21-13-11-20(12-14-21)29-26-9-7-17-34(26)30-24(23-8-5-6-10-28(23)39-30)19-35(29)31(36)32-25-16-15-22(37-3)18-27(25)38-4/h7,9,11-18,29H,5-6,8,10,19H2,1-4H3,(H,32,36). The molecule has 6 rings (SSSR count). The Hall–Kier alpha value is -3.91. The van der Waals surface area contributed by atoms with E-state index < -0.39 is 0 Å². The molecule has 1 N–H and O–H groups in total. The van der Waals surface area contributed by atoms with Gasteiger partial charge in [-0.25, -0.2) is 4.79 Å². The summed E-state index contributed by atoms with van der Waals surface area (Å²) in [6.07, 6.45) is 6.76. The van der Waals surface area contributed by atoms with Crippen molar-refractivity contribution >= 4 is 28.7 Å². The van der Waals surface area contributed by atoms with Crippen LogP contribution in [0.1, 0.15) is 46.1 Å². The highest BCUT2D eigenvalue weighted by Gasteiger charge is 2.36. The Morgan fingerprint density at radius 3 is 2.54 bits per heavy atom. The number of methoxy groups -OCH3 is 2. The summed E-state index contributed by atoms with van der Waals surface area (Å²) in [5.41, 5.74) is 6.59. The predicted molar refractivity (Wildman–Crippen MR) is 157 cm³/mol. The van der Waals surface area contributed by atoms with Crippen LogP contribution in [0.25, 0.3) is 5.00 Å². The van der Waals surface area contributed by atoms with E-state index in [1.165, 1.54) is 33.8 Å². The zero-order valence-corrected chi connectivity index (χ0v) is 23.7. The molecule has 0 fully saturated rings. The molecule has 2 aromatic carbocycles. The van der Waals surface area contributed by atoms with Crippen LogP contribution >= 0.6 is 11.3 Å². The Balaban J connectivity index is 1.47. The SMILES string of the molecule is COc1ccc(NC(=O)N2Cc3c(sc4c3CCCC4)-n3cccc3C2c2ccc(N(C)C)cc2)c(OC)c1. The number of nitrogens with one attached hydrogen (secondary N) is 1. The van der Waals surface area contributed by atoms with Gasteiger partial charge in [-0.2, -0.15) is 0 Å². The van der Waals surface area contributed by atoms with Crippen molar-refractivity contribution in [3.63, 3.8) is 0 Å². The fourth-order valence-corrected chi connectivity index (χ4v) is 7.18. The lowest BCUT2D eigenvalue weighted by molar-refractivity contribution is 0.194. The molecule has 202 valence electrons. The van der Waals surface area contributed by atoms with Gasteiger partial charge in [-0.1, -0.05) is 12.1 Å². The van der Waals surface area contributed by atoms with Crippen LogP contribution in [0.3, 0.4) is 0 Å². The summed E-state index contributed by atoms with van der Waals surface area (Å²) in [7, 11) is 7.29. The summed E-state index contributed by atoms with van der Waals surface area (Å²) in [6, 6.07) is 17.8. The van der Waals surface area contributed by atoms with Crippen molar-refractivity contribution in [2.45, 2.75) is 38.3 Å². The van der Waals surface area contributed by atoms with E-state index in [0.29, 0.717) is 23.7 Å². The molecule has 1 unspecified atom stereocenters. The van der Waals surface area contributed by atoms with E-state index in [9.17, 15) is 4.79 Å². The zero-order valence-electron chi connectivity index (χ0n) is 22.9. The number of anilines is 2. The third-order valence-electron chi connectivity index (χ3n) is 7.82. The molecule has 0 bridgehead atoms. The first-order chi connectivity index (χ1) is 19.0. The number of nitrogens with zero attached hydrogens (tertiary/aromatic N) is 3. The molecule has 4 aromatic rings. The Morgan fingerprint density at radius 1 is 1.00 bits per heavy atom. The smallest absolute Gasteiger partial charge is 0.323 e. The van der Waals surface area contributed by atoms with Crippen LogP contribution in [0.5, 0.6) is 11.5 Å². The van der Waals surface area contributed by atoms with Gasteiger partial charge in [0.2, 0.25) is 0 Å². The van der Waals surface area contributed by atoms with Crippen LogP contribution in [0.4, 0.5) is 16.2 Å². The maximum atomic E-state index is 14.2. The first kappa shape index (κ1) is 25.4. The lowest BCUT2D eigenvalue weighted by Crippen LogP contribution is -2.38. The summed E-state index contributed by atoms with van der Waals surface area (Å²) < 4.78 is 13.3. The van der Waals surface area contributed by atoms with Crippen molar-refractivity contribution in [1.29, 1.82) is 0 Å². The van der Waals surface area contributed by atoms with Crippen molar-refractivity contribution in [3.05, 3.63) is 88.1 Å². The third kappa shape index (κ3) is 4.52. The predicted octanol–water partition coefficient (Wildman–Crippen LogP) is 6.64. The van der Waals surface area contributed by atoms with Gasteiger partial charge < -0.3 is 29.2 Å². The van der Waals surface area contributed by atoms with Crippen molar-refractivity contribution in [1.82, 2.24) is 9.47 Å². The number of hydrogen-bond acceptors (Lipinski definition) is 5. The Morgan fingerprint density at radius 2 is 1.79 bits per heavy atom. The number of ether oxygens (including phenoxy) is 2. The van der Waals surface area contributed by atoms with Crippen molar-refractivity contribution < 1.29 is 14.3 Å². The number of carbonyl (C=O) groups is 1. The molecule has 8 heteroatoms. The van der Waals surface area contributed by atoms with Gasteiger partial charge in [0.05, 0.1) is 38.2 Å². The van der Waals surface area contributed by atoms with Crippen LogP contribution in [-0.4, -0.2) is 43.8 Å². The minimum Gasteiger partial charge on any atom is -0.497 e. The third-order valence-corrected chi connectivity index (χ3v) is 9.15. The molecule has 7 nitrogen and oxygen atoms in total. The van der Waals surface area contributed by atoms with Crippen LogP contribution in [0.15, 0.2) is 60.8 Å². The zero-order chi connectivity index (χ0) is 27.1. The van der Waals surface area contributed by atoms with E-state index >= 15 is 0 Å². The average molecular weight is 543 g/mol. The second-order valence-electron chi connectivity index (χ2n) is 10.3. The number of amides is 2. The van der Waals surface area contributed by atoms with Gasteiger partial charge in [0.15, 0.2) is 0 Å². The molecule has 39 heavy (non-hydrogen) atoms. The van der Waals surface area contributed by atoms with Gasteiger partial charge in [-0.05, 0) is 73.2 Å². The van der Waals surface area contributed by atoms with Crippen LogP contribution < -0.4 is 19.7 Å². The molecule has 0 spiro atoms. The molecular formula is C31H34N4O3S. The summed E-state index contributed by atoms with van der Waals surface area (Å²) in [5, 5.41) is 4.40. The maximum absolute atomic E-state index is 14.2. The second-order valence-corrected chi connectivity index (χ2v) is 11.4. The number of carbonyl (C=O) groups excluding carboxylic acids is 1. The fourth-order valence-electron chi connectivity index (χ4n) is 5.78. The van der Waals surface area contributed by atoms with Crippen LogP contribution in [0.2, 0.25) is 0 Å². The van der Waals surface area contributed by atoms with E-state index in [-0.39, 0.29) is 12.1 Å². The number of hydrogen-bond donors (Lipinski definition) is 1. The van der Waals surface area contributed by atoms with Gasteiger partial charge in [-0.3, -0.25) is 0 Å². The molecule has 3 heterocycles. The average Bonchev–Trinajstić information content (AvgIpc) is 3.55. The topological polar surface area (TPSA) is 59.0 Å². The van der Waals surface area contributed by atoms with Gasteiger partial charge in [0.25, 0.3) is 0 Å². The number of benzene rings is 2. The molecule has 1 aliphatic carbocycles. The van der Waals surface area contributed by atoms with Crippen molar-refractivity contribution in [3.8, 4) is 16.5 Å². The van der Waals surface area contributed by atoms with E-state index in [4.69, 9.17) is 9.47 Å². The van der Waals surface area contributed by atoms with Crippen LogP contribution in [-0.2, 0) is 19.4 Å².